The van der Waals surface area contributed by atoms with Crippen molar-refractivity contribution in [1.29, 1.82) is 0 Å². The minimum absolute atomic E-state index is 0. The molecule has 1 aliphatic heterocycles. The molecular weight excluding hydrogens is 344 g/mol. The summed E-state index contributed by atoms with van der Waals surface area (Å²) in [6, 6.07) is 4.43. The van der Waals surface area contributed by atoms with Gasteiger partial charge >= 0.3 is 0 Å². The normalized spacial score (nSPS) is 21.3. The van der Waals surface area contributed by atoms with Gasteiger partial charge in [0.15, 0.2) is 0 Å². The van der Waals surface area contributed by atoms with Crippen LogP contribution >= 0.6 is 23.7 Å². The standard InChI is InChI=1S/C17H24N4OS.ClH/c1-11(6-14-5-4-12(2)23-14)20-17(22)16-9-18-8-15(16)13-7-19-21(3)10-13;/h4-5,7,10-11,15-16,18H,6,8-9H2,1-3H3,(H,20,22);1H/t11?,15-,16+;/m1./s1. The van der Waals surface area contributed by atoms with Gasteiger partial charge in [0.1, 0.15) is 0 Å². The van der Waals surface area contributed by atoms with E-state index in [0.29, 0.717) is 0 Å². The van der Waals surface area contributed by atoms with E-state index in [0.717, 1.165) is 25.1 Å². The molecule has 1 saturated heterocycles. The van der Waals surface area contributed by atoms with Crippen molar-refractivity contribution >= 4 is 29.7 Å². The summed E-state index contributed by atoms with van der Waals surface area (Å²) in [6.45, 7) is 5.76. The molecule has 2 aromatic heterocycles. The number of hydrogen-bond donors (Lipinski definition) is 2. The van der Waals surface area contributed by atoms with Crippen molar-refractivity contribution in [2.24, 2.45) is 13.0 Å². The Kier molecular flexibility index (Phi) is 6.43. The number of carbonyl (C=O) groups is 1. The minimum atomic E-state index is -0.0216. The van der Waals surface area contributed by atoms with Crippen LogP contribution in [-0.2, 0) is 18.3 Å². The van der Waals surface area contributed by atoms with Crippen LogP contribution in [-0.4, -0.2) is 34.8 Å². The van der Waals surface area contributed by atoms with Crippen LogP contribution in [0.15, 0.2) is 24.5 Å². The number of aromatic nitrogens is 2. The number of halogens is 1. The van der Waals surface area contributed by atoms with Gasteiger partial charge in [-0.3, -0.25) is 9.48 Å². The number of carbonyl (C=O) groups excluding carboxylic acids is 1. The molecule has 1 fully saturated rings. The van der Waals surface area contributed by atoms with Gasteiger partial charge in [-0.05, 0) is 31.5 Å². The Labute approximate surface area is 153 Å². The van der Waals surface area contributed by atoms with Gasteiger partial charge in [0.2, 0.25) is 5.91 Å². The number of amides is 1. The maximum atomic E-state index is 12.7. The van der Waals surface area contributed by atoms with Crippen molar-refractivity contribution in [1.82, 2.24) is 20.4 Å². The molecule has 7 heteroatoms. The molecule has 1 aliphatic rings. The topological polar surface area (TPSA) is 59.0 Å². The zero-order valence-electron chi connectivity index (χ0n) is 14.3. The van der Waals surface area contributed by atoms with Crippen molar-refractivity contribution in [2.45, 2.75) is 32.2 Å². The molecule has 1 amide bonds. The van der Waals surface area contributed by atoms with Crippen molar-refractivity contribution in [3.05, 3.63) is 39.8 Å². The maximum absolute atomic E-state index is 12.7. The molecule has 3 rings (SSSR count). The van der Waals surface area contributed by atoms with Crippen molar-refractivity contribution in [3.8, 4) is 0 Å². The highest BCUT2D eigenvalue weighted by Gasteiger charge is 2.35. The summed E-state index contributed by atoms with van der Waals surface area (Å²) in [5, 5.41) is 10.8. The van der Waals surface area contributed by atoms with Gasteiger partial charge in [-0.25, -0.2) is 0 Å². The summed E-state index contributed by atoms with van der Waals surface area (Å²) in [6.07, 6.45) is 4.77. The molecule has 3 heterocycles. The summed E-state index contributed by atoms with van der Waals surface area (Å²) in [4.78, 5) is 15.3. The molecule has 0 spiro atoms. The molecule has 3 atom stereocenters. The predicted molar refractivity (Wildman–Crippen MR) is 99.9 cm³/mol. The van der Waals surface area contributed by atoms with Crippen LogP contribution in [0.2, 0.25) is 0 Å². The predicted octanol–water partition coefficient (Wildman–Crippen LogP) is 2.26. The number of nitrogens with one attached hydrogen (secondary N) is 2. The first-order valence-corrected chi connectivity index (χ1v) is 8.89. The molecular formula is C17H25ClN4OS. The summed E-state index contributed by atoms with van der Waals surface area (Å²) in [5.41, 5.74) is 1.14. The minimum Gasteiger partial charge on any atom is -0.353 e. The molecule has 0 aliphatic carbocycles. The summed E-state index contributed by atoms with van der Waals surface area (Å²) in [5.74, 6) is 0.330. The van der Waals surface area contributed by atoms with Crippen molar-refractivity contribution < 1.29 is 4.79 Å². The first-order valence-electron chi connectivity index (χ1n) is 8.08. The van der Waals surface area contributed by atoms with Crippen molar-refractivity contribution in [2.75, 3.05) is 13.1 Å². The molecule has 5 nitrogen and oxygen atoms in total. The van der Waals surface area contributed by atoms with E-state index in [2.05, 4.69) is 41.7 Å². The van der Waals surface area contributed by atoms with Crippen LogP contribution in [0.25, 0.3) is 0 Å². The van der Waals surface area contributed by atoms with Crippen LogP contribution in [0.4, 0.5) is 0 Å². The fourth-order valence-corrected chi connectivity index (χ4v) is 4.25. The Hall–Kier alpha value is -1.37. The molecule has 0 aromatic carbocycles. The summed E-state index contributed by atoms with van der Waals surface area (Å²) >= 11 is 1.80. The molecule has 0 saturated carbocycles. The van der Waals surface area contributed by atoms with Crippen LogP contribution in [0.3, 0.4) is 0 Å². The van der Waals surface area contributed by atoms with E-state index in [9.17, 15) is 4.79 Å². The van der Waals surface area contributed by atoms with Gasteiger partial charge in [0, 0.05) is 54.5 Å². The number of aryl methyl sites for hydroxylation is 2. The van der Waals surface area contributed by atoms with Crippen LogP contribution in [0.5, 0.6) is 0 Å². The second-order valence-electron chi connectivity index (χ2n) is 6.44. The monoisotopic (exact) mass is 368 g/mol. The number of thiophene rings is 1. The van der Waals surface area contributed by atoms with E-state index in [1.165, 1.54) is 9.75 Å². The highest BCUT2D eigenvalue weighted by atomic mass is 35.5. The van der Waals surface area contributed by atoms with Gasteiger partial charge in [0.25, 0.3) is 0 Å². The lowest BCUT2D eigenvalue weighted by Crippen LogP contribution is -2.40. The van der Waals surface area contributed by atoms with E-state index in [1.807, 2.05) is 19.4 Å². The van der Waals surface area contributed by atoms with Crippen molar-refractivity contribution in [3.63, 3.8) is 0 Å². The van der Waals surface area contributed by atoms with E-state index in [4.69, 9.17) is 0 Å². The first kappa shape index (κ1) is 19.0. The average molecular weight is 369 g/mol. The Morgan fingerprint density at radius 1 is 1.50 bits per heavy atom. The highest BCUT2D eigenvalue weighted by Crippen LogP contribution is 2.28. The zero-order valence-corrected chi connectivity index (χ0v) is 15.9. The SMILES string of the molecule is Cc1ccc(CC(C)NC(=O)[C@H]2CNC[C@@H]2c2cnn(C)c2)s1.Cl. The second kappa shape index (κ2) is 8.14. The van der Waals surface area contributed by atoms with Gasteiger partial charge < -0.3 is 10.6 Å². The van der Waals surface area contributed by atoms with Crippen LogP contribution < -0.4 is 10.6 Å². The van der Waals surface area contributed by atoms with E-state index < -0.39 is 0 Å². The smallest absolute Gasteiger partial charge is 0.225 e. The lowest BCUT2D eigenvalue weighted by molar-refractivity contribution is -0.125. The summed E-state index contributed by atoms with van der Waals surface area (Å²) in [7, 11) is 1.91. The van der Waals surface area contributed by atoms with Crippen LogP contribution in [0, 0.1) is 12.8 Å². The van der Waals surface area contributed by atoms with E-state index >= 15 is 0 Å². The fourth-order valence-electron chi connectivity index (χ4n) is 3.23. The fraction of sp³-hybridized carbons (Fsp3) is 0.529. The molecule has 132 valence electrons. The molecule has 24 heavy (non-hydrogen) atoms. The van der Waals surface area contributed by atoms with Gasteiger partial charge in [-0.2, -0.15) is 5.10 Å². The largest absolute Gasteiger partial charge is 0.353 e. The molecule has 0 bridgehead atoms. The molecule has 2 aromatic rings. The molecule has 0 radical (unpaired) electrons. The number of hydrogen-bond acceptors (Lipinski definition) is 4. The Morgan fingerprint density at radius 2 is 2.29 bits per heavy atom. The van der Waals surface area contributed by atoms with Gasteiger partial charge in [-0.15, -0.1) is 23.7 Å². The highest BCUT2D eigenvalue weighted by molar-refractivity contribution is 7.11. The third kappa shape index (κ3) is 4.37. The Bertz CT molecular complexity index is 684. The van der Waals surface area contributed by atoms with E-state index in [-0.39, 0.29) is 36.2 Å². The third-order valence-corrected chi connectivity index (χ3v) is 5.42. The molecule has 2 N–H and O–H groups in total. The Morgan fingerprint density at radius 3 is 2.92 bits per heavy atom. The van der Waals surface area contributed by atoms with E-state index in [1.54, 1.807) is 16.0 Å². The molecule has 1 unspecified atom stereocenters. The lowest BCUT2D eigenvalue weighted by Gasteiger charge is -2.20. The number of nitrogens with zero attached hydrogens (tertiary/aromatic N) is 2. The Balaban J connectivity index is 0.00000208. The first-order chi connectivity index (χ1) is 11.0. The maximum Gasteiger partial charge on any atom is 0.225 e. The lowest BCUT2D eigenvalue weighted by atomic mass is 9.90. The van der Waals surface area contributed by atoms with Gasteiger partial charge in [-0.1, -0.05) is 0 Å². The summed E-state index contributed by atoms with van der Waals surface area (Å²) < 4.78 is 1.80. The zero-order chi connectivity index (χ0) is 16.4. The number of rotatable bonds is 5. The second-order valence-corrected chi connectivity index (χ2v) is 7.82. The van der Waals surface area contributed by atoms with Crippen LogP contribution in [0.1, 0.15) is 28.2 Å². The average Bonchev–Trinajstić information content (AvgIpc) is 3.19. The third-order valence-electron chi connectivity index (χ3n) is 4.40. The van der Waals surface area contributed by atoms with Gasteiger partial charge in [0.05, 0.1) is 12.1 Å². The quantitative estimate of drug-likeness (QED) is 0.851.